The Hall–Kier alpha value is -0.710. The lowest BCUT2D eigenvalue weighted by atomic mass is 10.3. The van der Waals surface area contributed by atoms with E-state index >= 15 is 0 Å². The maximum atomic E-state index is 11.8. The van der Waals surface area contributed by atoms with Crippen LogP contribution in [0.2, 0.25) is 5.02 Å². The quantitative estimate of drug-likeness (QED) is 0.810. The van der Waals surface area contributed by atoms with Gasteiger partial charge < -0.3 is 10.1 Å². The summed E-state index contributed by atoms with van der Waals surface area (Å²) >= 11 is 7.51. The Labute approximate surface area is 111 Å². The normalized spacial score (nSPS) is 12.2. The molecule has 1 rings (SSSR count). The standard InChI is InChI=1S/C12H16ClNO2S/c1-9(17-8-7-16-2)12(15)14-11-6-4-3-5-10(11)13/h3-6,9H,7-8H2,1-2H3,(H,14,15)/t9-/m1/s1. The Bertz CT molecular complexity index is 373. The number of benzene rings is 1. The Kier molecular flexibility index (Phi) is 6.40. The first-order chi connectivity index (χ1) is 8.15. The molecule has 0 aromatic heterocycles. The largest absolute Gasteiger partial charge is 0.384 e. The molecule has 3 nitrogen and oxygen atoms in total. The van der Waals surface area contributed by atoms with E-state index in [1.54, 1.807) is 31.0 Å². The Morgan fingerprint density at radius 1 is 1.53 bits per heavy atom. The van der Waals surface area contributed by atoms with Crippen LogP contribution in [-0.4, -0.2) is 30.6 Å². The Balaban J connectivity index is 2.46. The molecule has 0 bridgehead atoms. The summed E-state index contributed by atoms with van der Waals surface area (Å²) in [5, 5.41) is 3.23. The summed E-state index contributed by atoms with van der Waals surface area (Å²) in [6.45, 7) is 2.51. The number of halogens is 1. The number of nitrogens with one attached hydrogen (secondary N) is 1. The molecule has 0 aliphatic heterocycles. The minimum absolute atomic E-state index is 0.0424. The maximum absolute atomic E-state index is 11.8. The maximum Gasteiger partial charge on any atom is 0.237 e. The van der Waals surface area contributed by atoms with E-state index in [2.05, 4.69) is 5.32 Å². The molecule has 0 saturated carbocycles. The van der Waals surface area contributed by atoms with Gasteiger partial charge in [-0.05, 0) is 19.1 Å². The molecular formula is C12H16ClNO2S. The highest BCUT2D eigenvalue weighted by molar-refractivity contribution is 8.00. The van der Waals surface area contributed by atoms with E-state index in [0.29, 0.717) is 17.3 Å². The topological polar surface area (TPSA) is 38.3 Å². The molecule has 1 aromatic carbocycles. The summed E-state index contributed by atoms with van der Waals surface area (Å²) in [6, 6.07) is 7.20. The highest BCUT2D eigenvalue weighted by Gasteiger charge is 2.14. The second kappa shape index (κ2) is 7.58. The van der Waals surface area contributed by atoms with Gasteiger partial charge in [0.25, 0.3) is 0 Å². The van der Waals surface area contributed by atoms with Gasteiger partial charge in [0.2, 0.25) is 5.91 Å². The van der Waals surface area contributed by atoms with E-state index in [-0.39, 0.29) is 11.2 Å². The van der Waals surface area contributed by atoms with Crippen LogP contribution in [0.25, 0.3) is 0 Å². The first-order valence-electron chi connectivity index (χ1n) is 5.31. The third-order valence-electron chi connectivity index (χ3n) is 2.16. The van der Waals surface area contributed by atoms with Gasteiger partial charge >= 0.3 is 0 Å². The van der Waals surface area contributed by atoms with Crippen LogP contribution in [0.5, 0.6) is 0 Å². The number of para-hydroxylation sites is 1. The van der Waals surface area contributed by atoms with Gasteiger partial charge in [-0.2, -0.15) is 0 Å². The molecule has 0 aliphatic rings. The molecule has 0 unspecified atom stereocenters. The smallest absolute Gasteiger partial charge is 0.237 e. The van der Waals surface area contributed by atoms with Crippen molar-refractivity contribution in [3.63, 3.8) is 0 Å². The van der Waals surface area contributed by atoms with Crippen molar-refractivity contribution in [2.24, 2.45) is 0 Å². The van der Waals surface area contributed by atoms with Crippen LogP contribution < -0.4 is 5.32 Å². The number of anilines is 1. The first-order valence-corrected chi connectivity index (χ1v) is 6.73. The SMILES string of the molecule is COCCS[C@H](C)C(=O)Nc1ccccc1Cl. The van der Waals surface area contributed by atoms with Crippen LogP contribution in [0.1, 0.15) is 6.92 Å². The minimum Gasteiger partial charge on any atom is -0.384 e. The molecular weight excluding hydrogens is 258 g/mol. The molecule has 1 amide bonds. The fourth-order valence-corrected chi connectivity index (χ4v) is 2.19. The second-order valence-electron chi connectivity index (χ2n) is 3.47. The predicted octanol–water partition coefficient (Wildman–Crippen LogP) is 3.05. The molecule has 1 atom stereocenters. The van der Waals surface area contributed by atoms with Gasteiger partial charge in [-0.15, -0.1) is 11.8 Å². The number of thioether (sulfide) groups is 1. The molecule has 1 aromatic rings. The number of methoxy groups -OCH3 is 1. The van der Waals surface area contributed by atoms with Crippen LogP contribution in [0.15, 0.2) is 24.3 Å². The summed E-state index contributed by atoms with van der Waals surface area (Å²) in [5.41, 5.74) is 0.651. The Morgan fingerprint density at radius 3 is 2.88 bits per heavy atom. The van der Waals surface area contributed by atoms with Crippen molar-refractivity contribution in [3.05, 3.63) is 29.3 Å². The van der Waals surface area contributed by atoms with Crippen molar-refractivity contribution in [2.75, 3.05) is 24.8 Å². The number of amides is 1. The average Bonchev–Trinajstić information content (AvgIpc) is 2.32. The first kappa shape index (κ1) is 14.4. The van der Waals surface area contributed by atoms with Gasteiger partial charge in [0.1, 0.15) is 0 Å². The van der Waals surface area contributed by atoms with E-state index in [0.717, 1.165) is 5.75 Å². The summed E-state index contributed by atoms with van der Waals surface area (Å²) in [4.78, 5) is 11.8. The van der Waals surface area contributed by atoms with Crippen LogP contribution in [0, 0.1) is 0 Å². The monoisotopic (exact) mass is 273 g/mol. The number of rotatable bonds is 6. The lowest BCUT2D eigenvalue weighted by molar-refractivity contribution is -0.115. The Morgan fingerprint density at radius 2 is 2.24 bits per heavy atom. The van der Waals surface area contributed by atoms with E-state index < -0.39 is 0 Å². The van der Waals surface area contributed by atoms with Crippen LogP contribution in [0.4, 0.5) is 5.69 Å². The average molecular weight is 274 g/mol. The van der Waals surface area contributed by atoms with E-state index in [1.807, 2.05) is 19.1 Å². The van der Waals surface area contributed by atoms with E-state index in [4.69, 9.17) is 16.3 Å². The van der Waals surface area contributed by atoms with Gasteiger partial charge in [-0.3, -0.25) is 4.79 Å². The number of carbonyl (C=O) groups excluding carboxylic acids is 1. The molecule has 0 heterocycles. The fourth-order valence-electron chi connectivity index (χ4n) is 1.18. The van der Waals surface area contributed by atoms with Crippen molar-refractivity contribution in [3.8, 4) is 0 Å². The minimum atomic E-state index is -0.124. The summed E-state index contributed by atoms with van der Waals surface area (Å²) in [7, 11) is 1.65. The number of ether oxygens (including phenoxy) is 1. The lowest BCUT2D eigenvalue weighted by Gasteiger charge is -2.12. The summed E-state index contributed by atoms with van der Waals surface area (Å²) in [5.74, 6) is 0.757. The molecule has 5 heteroatoms. The van der Waals surface area contributed by atoms with Gasteiger partial charge in [0, 0.05) is 12.9 Å². The number of carbonyl (C=O) groups is 1. The van der Waals surface area contributed by atoms with Gasteiger partial charge in [-0.25, -0.2) is 0 Å². The zero-order valence-electron chi connectivity index (χ0n) is 9.90. The summed E-state index contributed by atoms with van der Waals surface area (Å²) in [6.07, 6.45) is 0. The van der Waals surface area contributed by atoms with E-state index in [1.165, 1.54) is 0 Å². The van der Waals surface area contributed by atoms with Crippen molar-refractivity contribution >= 4 is 35.0 Å². The number of hydrogen-bond donors (Lipinski definition) is 1. The zero-order chi connectivity index (χ0) is 12.7. The molecule has 0 aliphatic carbocycles. The van der Waals surface area contributed by atoms with Crippen molar-refractivity contribution in [1.29, 1.82) is 0 Å². The molecule has 0 fully saturated rings. The molecule has 0 radical (unpaired) electrons. The number of hydrogen-bond acceptors (Lipinski definition) is 3. The molecule has 1 N–H and O–H groups in total. The van der Waals surface area contributed by atoms with Crippen molar-refractivity contribution < 1.29 is 9.53 Å². The molecule has 17 heavy (non-hydrogen) atoms. The van der Waals surface area contributed by atoms with Crippen molar-refractivity contribution in [1.82, 2.24) is 0 Å². The van der Waals surface area contributed by atoms with Crippen LogP contribution >= 0.6 is 23.4 Å². The lowest BCUT2D eigenvalue weighted by Crippen LogP contribution is -2.23. The molecule has 94 valence electrons. The molecule has 0 spiro atoms. The summed E-state index contributed by atoms with van der Waals surface area (Å²) < 4.78 is 4.94. The van der Waals surface area contributed by atoms with Gasteiger partial charge in [-0.1, -0.05) is 23.7 Å². The third kappa shape index (κ3) is 4.98. The third-order valence-corrected chi connectivity index (χ3v) is 3.60. The second-order valence-corrected chi connectivity index (χ2v) is 5.33. The highest BCUT2D eigenvalue weighted by atomic mass is 35.5. The van der Waals surface area contributed by atoms with Gasteiger partial charge in [0.15, 0.2) is 0 Å². The zero-order valence-corrected chi connectivity index (χ0v) is 11.5. The fraction of sp³-hybridized carbons (Fsp3) is 0.417. The van der Waals surface area contributed by atoms with Gasteiger partial charge in [0.05, 0.1) is 22.6 Å². The van der Waals surface area contributed by atoms with E-state index in [9.17, 15) is 4.79 Å². The van der Waals surface area contributed by atoms with Crippen molar-refractivity contribution in [2.45, 2.75) is 12.2 Å². The van der Waals surface area contributed by atoms with Crippen LogP contribution in [-0.2, 0) is 9.53 Å². The van der Waals surface area contributed by atoms with Crippen LogP contribution in [0.3, 0.4) is 0 Å². The predicted molar refractivity (Wildman–Crippen MR) is 73.9 cm³/mol. The molecule has 0 saturated heterocycles. The highest BCUT2D eigenvalue weighted by Crippen LogP contribution is 2.21.